The summed E-state index contributed by atoms with van der Waals surface area (Å²) >= 11 is 1.35. The maximum Gasteiger partial charge on any atom is 0.348 e. The normalized spacial score (nSPS) is 14.7. The maximum absolute atomic E-state index is 12.1. The molecule has 1 fully saturated rings. The molecule has 3 aromatic rings. The highest BCUT2D eigenvalue weighted by Gasteiger charge is 2.33. The zero-order chi connectivity index (χ0) is 19.8. The third-order valence-electron chi connectivity index (χ3n) is 5.13. The van der Waals surface area contributed by atoms with Crippen molar-refractivity contribution >= 4 is 33.3 Å². The molecule has 1 aromatic carbocycles. The minimum absolute atomic E-state index is 0.157. The molecule has 4 rings (SSSR count). The molecule has 1 saturated carbocycles. The van der Waals surface area contributed by atoms with Crippen molar-refractivity contribution in [3.8, 4) is 5.75 Å². The highest BCUT2D eigenvalue weighted by molar-refractivity contribution is 7.20. The molecule has 2 heterocycles. The van der Waals surface area contributed by atoms with E-state index in [2.05, 4.69) is 27.4 Å². The van der Waals surface area contributed by atoms with Crippen molar-refractivity contribution in [1.82, 2.24) is 9.97 Å². The highest BCUT2D eigenvalue weighted by Crippen LogP contribution is 2.44. The number of nitrogens with zero attached hydrogens (tertiary/aromatic N) is 2. The Morgan fingerprint density at radius 2 is 1.89 bits per heavy atom. The van der Waals surface area contributed by atoms with Crippen LogP contribution in [0.15, 0.2) is 24.3 Å². The van der Waals surface area contributed by atoms with E-state index < -0.39 is 0 Å². The molecule has 0 bridgehead atoms. The van der Waals surface area contributed by atoms with Gasteiger partial charge >= 0.3 is 5.97 Å². The third-order valence-corrected chi connectivity index (χ3v) is 6.30. The summed E-state index contributed by atoms with van der Waals surface area (Å²) in [6.07, 6.45) is 2.37. The Morgan fingerprint density at radius 1 is 1.18 bits per heavy atom. The summed E-state index contributed by atoms with van der Waals surface area (Å²) in [4.78, 5) is 22.7. The molecule has 0 amide bonds. The number of thiophene rings is 1. The fourth-order valence-corrected chi connectivity index (χ4v) is 4.64. The first-order chi connectivity index (χ1) is 13.5. The van der Waals surface area contributed by atoms with E-state index >= 15 is 0 Å². The van der Waals surface area contributed by atoms with Gasteiger partial charge in [-0.2, -0.15) is 0 Å². The Kier molecular flexibility index (Phi) is 4.93. The molecule has 1 aliphatic carbocycles. The second-order valence-electron chi connectivity index (χ2n) is 7.08. The fraction of sp³-hybridized carbons (Fsp3) is 0.381. The number of nitrogens with one attached hydrogen (secondary N) is 1. The Balaban J connectivity index is 1.76. The molecule has 0 spiro atoms. The lowest BCUT2D eigenvalue weighted by atomic mass is 10.0. The first-order valence-corrected chi connectivity index (χ1v) is 10.1. The van der Waals surface area contributed by atoms with Gasteiger partial charge in [0.25, 0.3) is 0 Å². The van der Waals surface area contributed by atoms with Crippen molar-refractivity contribution < 1.29 is 14.3 Å². The number of hydrogen-bond donors (Lipinski definition) is 1. The smallest absolute Gasteiger partial charge is 0.348 e. The topological polar surface area (TPSA) is 73.3 Å². The number of benzene rings is 1. The van der Waals surface area contributed by atoms with Gasteiger partial charge in [0.15, 0.2) is 0 Å². The number of aromatic nitrogens is 2. The van der Waals surface area contributed by atoms with Crippen LogP contribution in [0.2, 0.25) is 0 Å². The lowest BCUT2D eigenvalue weighted by Crippen LogP contribution is -2.15. The molecular formula is C21H23N3O3S. The van der Waals surface area contributed by atoms with Crippen LogP contribution in [0.5, 0.6) is 5.75 Å². The predicted molar refractivity (Wildman–Crippen MR) is 110 cm³/mol. The van der Waals surface area contributed by atoms with Crippen molar-refractivity contribution in [2.75, 3.05) is 19.5 Å². The molecule has 2 aromatic heterocycles. The summed E-state index contributed by atoms with van der Waals surface area (Å²) in [5.41, 5.74) is 2.06. The van der Waals surface area contributed by atoms with E-state index in [1.165, 1.54) is 36.9 Å². The number of aryl methyl sites for hydroxylation is 2. The molecule has 146 valence electrons. The monoisotopic (exact) mass is 397 g/mol. The standard InChI is InChI=1S/C21H23N3O3S/c1-11-16-19(22-12(2)23-20(16)28-18(11)21(25)27-4)24-17(13-5-6-13)14-7-9-15(26-3)10-8-14/h7-10,13,17H,5-6H2,1-4H3,(H,22,23,24)/t17-/m0/s1. The summed E-state index contributed by atoms with van der Waals surface area (Å²) in [7, 11) is 3.07. The van der Waals surface area contributed by atoms with E-state index in [4.69, 9.17) is 9.47 Å². The number of fused-ring (bicyclic) bond motifs is 1. The van der Waals surface area contributed by atoms with Crippen molar-refractivity contribution in [3.63, 3.8) is 0 Å². The van der Waals surface area contributed by atoms with Gasteiger partial charge in [-0.1, -0.05) is 12.1 Å². The van der Waals surface area contributed by atoms with Crippen LogP contribution in [0.1, 0.15) is 45.5 Å². The van der Waals surface area contributed by atoms with E-state index in [1.807, 2.05) is 26.0 Å². The van der Waals surface area contributed by atoms with Crippen molar-refractivity contribution in [3.05, 3.63) is 46.1 Å². The van der Waals surface area contributed by atoms with Crippen LogP contribution in [0.4, 0.5) is 5.82 Å². The number of esters is 1. The first kappa shape index (κ1) is 18.7. The summed E-state index contributed by atoms with van der Waals surface area (Å²) in [6, 6.07) is 8.32. The van der Waals surface area contributed by atoms with Gasteiger partial charge in [-0.15, -0.1) is 11.3 Å². The maximum atomic E-state index is 12.1. The average Bonchev–Trinajstić information content (AvgIpc) is 3.49. The van der Waals surface area contributed by atoms with E-state index in [-0.39, 0.29) is 12.0 Å². The van der Waals surface area contributed by atoms with Crippen molar-refractivity contribution in [1.29, 1.82) is 0 Å². The van der Waals surface area contributed by atoms with E-state index in [0.717, 1.165) is 27.3 Å². The molecule has 1 N–H and O–H groups in total. The SMILES string of the molecule is COC(=O)c1sc2nc(C)nc(N[C@H](c3ccc(OC)cc3)C3CC3)c2c1C. The molecule has 28 heavy (non-hydrogen) atoms. The Bertz CT molecular complexity index is 1030. The fourth-order valence-electron chi connectivity index (χ4n) is 3.50. The molecule has 1 aliphatic rings. The number of carbonyl (C=O) groups excluding carboxylic acids is 1. The third kappa shape index (κ3) is 3.42. The molecular weight excluding hydrogens is 374 g/mol. The van der Waals surface area contributed by atoms with Gasteiger partial charge in [0.2, 0.25) is 0 Å². The molecule has 0 unspecified atom stereocenters. The molecule has 0 radical (unpaired) electrons. The zero-order valence-electron chi connectivity index (χ0n) is 16.4. The number of methoxy groups -OCH3 is 2. The van der Waals surface area contributed by atoms with Crippen LogP contribution >= 0.6 is 11.3 Å². The number of rotatable bonds is 6. The van der Waals surface area contributed by atoms with Gasteiger partial charge < -0.3 is 14.8 Å². The van der Waals surface area contributed by atoms with Gasteiger partial charge in [-0.25, -0.2) is 14.8 Å². The largest absolute Gasteiger partial charge is 0.497 e. The van der Waals surface area contributed by atoms with Gasteiger partial charge in [-0.05, 0) is 55.9 Å². The summed E-state index contributed by atoms with van der Waals surface area (Å²) in [5, 5.41) is 4.55. The van der Waals surface area contributed by atoms with E-state index in [0.29, 0.717) is 16.6 Å². The number of hydrogen-bond acceptors (Lipinski definition) is 7. The summed E-state index contributed by atoms with van der Waals surface area (Å²) < 4.78 is 10.2. The average molecular weight is 398 g/mol. The van der Waals surface area contributed by atoms with Crippen LogP contribution in [0, 0.1) is 19.8 Å². The molecule has 0 saturated heterocycles. The van der Waals surface area contributed by atoms with Gasteiger partial charge in [-0.3, -0.25) is 0 Å². The van der Waals surface area contributed by atoms with Crippen LogP contribution in [-0.4, -0.2) is 30.2 Å². The summed E-state index contributed by atoms with van der Waals surface area (Å²) in [6.45, 7) is 3.80. The van der Waals surface area contributed by atoms with Gasteiger partial charge in [0.05, 0.1) is 25.6 Å². The lowest BCUT2D eigenvalue weighted by molar-refractivity contribution is 0.0605. The molecule has 7 heteroatoms. The van der Waals surface area contributed by atoms with Crippen LogP contribution in [-0.2, 0) is 4.74 Å². The Labute approximate surface area is 167 Å². The number of carbonyl (C=O) groups is 1. The Hall–Kier alpha value is -2.67. The molecule has 1 atom stereocenters. The quantitative estimate of drug-likeness (QED) is 0.610. The van der Waals surface area contributed by atoms with Gasteiger partial charge in [0, 0.05) is 0 Å². The lowest BCUT2D eigenvalue weighted by Gasteiger charge is -2.21. The minimum atomic E-state index is -0.335. The minimum Gasteiger partial charge on any atom is -0.497 e. The van der Waals surface area contributed by atoms with E-state index in [9.17, 15) is 4.79 Å². The second-order valence-corrected chi connectivity index (χ2v) is 8.08. The summed E-state index contributed by atoms with van der Waals surface area (Å²) in [5.74, 6) is 2.53. The van der Waals surface area contributed by atoms with Crippen LogP contribution in [0.25, 0.3) is 10.2 Å². The number of anilines is 1. The molecule has 0 aliphatic heterocycles. The predicted octanol–water partition coefficient (Wildman–Crippen LogP) is 4.67. The highest BCUT2D eigenvalue weighted by atomic mass is 32.1. The van der Waals surface area contributed by atoms with Crippen LogP contribution in [0.3, 0.4) is 0 Å². The zero-order valence-corrected chi connectivity index (χ0v) is 17.2. The number of ether oxygens (including phenoxy) is 2. The van der Waals surface area contributed by atoms with Gasteiger partial charge in [0.1, 0.15) is 27.1 Å². The van der Waals surface area contributed by atoms with Crippen LogP contribution < -0.4 is 10.1 Å². The second kappa shape index (κ2) is 7.39. The van der Waals surface area contributed by atoms with Crippen molar-refractivity contribution in [2.45, 2.75) is 32.7 Å². The Morgan fingerprint density at radius 3 is 2.50 bits per heavy atom. The van der Waals surface area contributed by atoms with E-state index in [1.54, 1.807) is 7.11 Å². The first-order valence-electron chi connectivity index (χ1n) is 9.28. The van der Waals surface area contributed by atoms with Crippen molar-refractivity contribution in [2.24, 2.45) is 5.92 Å². The molecule has 6 nitrogen and oxygen atoms in total.